The number of nitrogens with one attached hydrogen (secondary N) is 2. The van der Waals surface area contributed by atoms with Crippen molar-refractivity contribution in [3.05, 3.63) is 96.5 Å². The van der Waals surface area contributed by atoms with Crippen LogP contribution in [0.4, 0.5) is 5.69 Å². The third kappa shape index (κ3) is 4.69. The smallest absolute Gasteiger partial charge is 0.216 e. The number of aromatic nitrogens is 4. The van der Waals surface area contributed by atoms with Crippen molar-refractivity contribution in [2.45, 2.75) is 6.61 Å². The molecule has 0 spiro atoms. The second kappa shape index (κ2) is 9.17. The van der Waals surface area contributed by atoms with Gasteiger partial charge in [-0.05, 0) is 46.2 Å². The zero-order valence-corrected chi connectivity index (χ0v) is 16.0. The minimum atomic E-state index is 0.240. The maximum atomic E-state index is 9.28. The van der Waals surface area contributed by atoms with E-state index < -0.39 is 0 Å². The molecule has 0 amide bonds. The van der Waals surface area contributed by atoms with Gasteiger partial charge in [0, 0.05) is 11.9 Å². The van der Waals surface area contributed by atoms with Crippen LogP contribution in [0.1, 0.15) is 11.4 Å². The summed E-state index contributed by atoms with van der Waals surface area (Å²) in [6, 6.07) is 28.0. The quantitative estimate of drug-likeness (QED) is 0.450. The Bertz CT molecular complexity index is 1180. The molecular weight excluding hydrogens is 376 g/mol. The summed E-state index contributed by atoms with van der Waals surface area (Å²) in [5.41, 5.74) is 4.30. The van der Waals surface area contributed by atoms with E-state index in [1.807, 2.05) is 78.9 Å². The van der Waals surface area contributed by atoms with Gasteiger partial charge in [-0.3, -0.25) is 0 Å². The number of benzene rings is 3. The molecule has 30 heavy (non-hydrogen) atoms. The number of hydrogen-bond donors (Lipinski definition) is 2. The van der Waals surface area contributed by atoms with Crippen LogP contribution in [0.15, 0.2) is 85.1 Å². The molecule has 1 heterocycles. The summed E-state index contributed by atoms with van der Waals surface area (Å²) in [5.74, 6) is 1.04. The standard InChI is InChI=1S/C23H18N6O/c24-14-20(23-26-28-29-27-23)15-25-21-10-4-8-18(12-21)19-9-5-11-22(13-19)30-16-17-6-2-1-3-7-17/h1-13,15,25H,16H2,(H,26,27,28,29). The molecule has 3 aromatic carbocycles. The predicted octanol–water partition coefficient (Wildman–Crippen LogP) is 4.42. The first-order valence-electron chi connectivity index (χ1n) is 9.30. The van der Waals surface area contributed by atoms with Gasteiger partial charge >= 0.3 is 0 Å². The van der Waals surface area contributed by atoms with E-state index in [-0.39, 0.29) is 11.4 Å². The van der Waals surface area contributed by atoms with Crippen molar-refractivity contribution in [2.75, 3.05) is 5.32 Å². The Labute approximate surface area is 173 Å². The number of anilines is 1. The van der Waals surface area contributed by atoms with Gasteiger partial charge in [-0.2, -0.15) is 10.5 Å². The third-order valence-corrected chi connectivity index (χ3v) is 4.37. The Morgan fingerprint density at radius 2 is 1.80 bits per heavy atom. The van der Waals surface area contributed by atoms with Gasteiger partial charge in [-0.15, -0.1) is 10.2 Å². The topological polar surface area (TPSA) is 99.5 Å². The van der Waals surface area contributed by atoms with Crippen molar-refractivity contribution in [3.8, 4) is 22.9 Å². The predicted molar refractivity (Wildman–Crippen MR) is 114 cm³/mol. The molecule has 7 heteroatoms. The first-order chi connectivity index (χ1) is 14.8. The van der Waals surface area contributed by atoms with Crippen LogP contribution in [0.3, 0.4) is 0 Å². The molecule has 0 aliphatic heterocycles. The maximum Gasteiger partial charge on any atom is 0.216 e. The van der Waals surface area contributed by atoms with Gasteiger partial charge in [-0.25, -0.2) is 0 Å². The highest BCUT2D eigenvalue weighted by molar-refractivity contribution is 5.75. The average molecular weight is 394 g/mol. The second-order valence-corrected chi connectivity index (χ2v) is 6.43. The van der Waals surface area contributed by atoms with Gasteiger partial charge < -0.3 is 10.1 Å². The van der Waals surface area contributed by atoms with E-state index in [0.29, 0.717) is 6.61 Å². The van der Waals surface area contributed by atoms with Crippen LogP contribution in [0.25, 0.3) is 16.7 Å². The zero-order valence-electron chi connectivity index (χ0n) is 16.0. The zero-order chi connectivity index (χ0) is 20.6. The summed E-state index contributed by atoms with van der Waals surface area (Å²) in [6.07, 6.45) is 1.56. The first kappa shape index (κ1) is 18.9. The molecule has 0 fully saturated rings. The lowest BCUT2D eigenvalue weighted by atomic mass is 10.0. The summed E-state index contributed by atoms with van der Waals surface area (Å²) >= 11 is 0. The molecule has 7 nitrogen and oxygen atoms in total. The van der Waals surface area contributed by atoms with Crippen LogP contribution < -0.4 is 10.1 Å². The van der Waals surface area contributed by atoms with Crippen LogP contribution in [0.2, 0.25) is 0 Å². The number of nitriles is 1. The number of tetrazole rings is 1. The number of allylic oxidation sites excluding steroid dienone is 1. The Balaban J connectivity index is 1.49. The third-order valence-electron chi connectivity index (χ3n) is 4.37. The lowest BCUT2D eigenvalue weighted by molar-refractivity contribution is 0.306. The largest absolute Gasteiger partial charge is 0.489 e. The Morgan fingerprint density at radius 1 is 1.00 bits per heavy atom. The number of aromatic amines is 1. The van der Waals surface area contributed by atoms with Crippen LogP contribution in [0.5, 0.6) is 5.75 Å². The highest BCUT2D eigenvalue weighted by Gasteiger charge is 2.06. The lowest BCUT2D eigenvalue weighted by Gasteiger charge is -2.10. The Hall–Kier alpha value is -4.44. The van der Waals surface area contributed by atoms with Gasteiger partial charge in [0.2, 0.25) is 5.82 Å². The Morgan fingerprint density at radius 3 is 2.57 bits per heavy atom. The lowest BCUT2D eigenvalue weighted by Crippen LogP contribution is -1.95. The number of H-pyrrole nitrogens is 1. The van der Waals surface area contributed by atoms with E-state index in [1.165, 1.54) is 0 Å². The summed E-state index contributed by atoms with van der Waals surface area (Å²) < 4.78 is 5.94. The number of rotatable bonds is 7. The second-order valence-electron chi connectivity index (χ2n) is 6.43. The molecule has 0 bridgehead atoms. The molecule has 0 radical (unpaired) electrons. The summed E-state index contributed by atoms with van der Waals surface area (Å²) in [6.45, 7) is 0.518. The van der Waals surface area contributed by atoms with Gasteiger partial charge in [0.05, 0.1) is 0 Å². The van der Waals surface area contributed by atoms with E-state index in [2.05, 4.69) is 32.0 Å². The molecular formula is C23H18N6O. The fraction of sp³-hybridized carbons (Fsp3) is 0.0435. The molecule has 0 aliphatic carbocycles. The van der Waals surface area contributed by atoms with Crippen LogP contribution in [0, 0.1) is 11.3 Å². The summed E-state index contributed by atoms with van der Waals surface area (Å²) in [7, 11) is 0. The van der Waals surface area contributed by atoms with E-state index in [0.717, 1.165) is 28.1 Å². The molecule has 0 atom stereocenters. The van der Waals surface area contributed by atoms with Gasteiger partial charge in [0.15, 0.2) is 0 Å². The van der Waals surface area contributed by atoms with Crippen LogP contribution >= 0.6 is 0 Å². The first-order valence-corrected chi connectivity index (χ1v) is 9.30. The molecule has 1 aromatic heterocycles. The van der Waals surface area contributed by atoms with Gasteiger partial charge in [-0.1, -0.05) is 54.6 Å². The normalized spacial score (nSPS) is 11.0. The average Bonchev–Trinajstić information content (AvgIpc) is 3.34. The van der Waals surface area contributed by atoms with E-state index >= 15 is 0 Å². The van der Waals surface area contributed by atoms with Crippen molar-refractivity contribution >= 4 is 11.3 Å². The minimum Gasteiger partial charge on any atom is -0.489 e. The minimum absolute atomic E-state index is 0.240. The van der Waals surface area contributed by atoms with Crippen molar-refractivity contribution in [3.63, 3.8) is 0 Å². The number of nitrogens with zero attached hydrogens (tertiary/aromatic N) is 4. The molecule has 4 rings (SSSR count). The van der Waals surface area contributed by atoms with E-state index in [9.17, 15) is 5.26 Å². The van der Waals surface area contributed by atoms with Crippen molar-refractivity contribution in [1.82, 2.24) is 20.6 Å². The van der Waals surface area contributed by atoms with Crippen molar-refractivity contribution < 1.29 is 4.74 Å². The van der Waals surface area contributed by atoms with E-state index in [1.54, 1.807) is 6.20 Å². The highest BCUT2D eigenvalue weighted by Crippen LogP contribution is 2.26. The molecule has 0 saturated carbocycles. The highest BCUT2D eigenvalue weighted by atomic mass is 16.5. The van der Waals surface area contributed by atoms with Crippen LogP contribution in [-0.2, 0) is 6.61 Å². The van der Waals surface area contributed by atoms with Gasteiger partial charge in [0.1, 0.15) is 24.0 Å². The fourth-order valence-electron chi connectivity index (χ4n) is 2.87. The molecule has 4 aromatic rings. The molecule has 0 saturated heterocycles. The summed E-state index contributed by atoms with van der Waals surface area (Å²) in [5, 5.41) is 25.9. The molecule has 2 N–H and O–H groups in total. The molecule has 146 valence electrons. The Kier molecular flexibility index (Phi) is 5.78. The van der Waals surface area contributed by atoms with Gasteiger partial charge in [0.25, 0.3) is 0 Å². The molecule has 0 unspecified atom stereocenters. The number of hydrogen-bond acceptors (Lipinski definition) is 6. The van der Waals surface area contributed by atoms with Crippen molar-refractivity contribution in [1.29, 1.82) is 5.26 Å². The summed E-state index contributed by atoms with van der Waals surface area (Å²) in [4.78, 5) is 0. The SMILES string of the molecule is N#CC(=CNc1cccc(-c2cccc(OCc3ccccc3)c2)c1)c1nn[nH]n1. The fourth-order valence-corrected chi connectivity index (χ4v) is 2.87. The van der Waals surface area contributed by atoms with E-state index in [4.69, 9.17) is 4.74 Å². The monoisotopic (exact) mass is 394 g/mol. The molecule has 0 aliphatic rings. The number of ether oxygens (including phenoxy) is 1. The maximum absolute atomic E-state index is 9.28. The van der Waals surface area contributed by atoms with Crippen molar-refractivity contribution in [2.24, 2.45) is 0 Å². The van der Waals surface area contributed by atoms with Crippen LogP contribution in [-0.4, -0.2) is 20.6 Å².